The van der Waals surface area contributed by atoms with Gasteiger partial charge in [0.2, 0.25) is 30.1 Å². The number of fused-ring (bicyclic) bond motifs is 3. The van der Waals surface area contributed by atoms with Gasteiger partial charge in [-0.15, -0.1) is 0 Å². The van der Waals surface area contributed by atoms with Crippen LogP contribution in [0.5, 0.6) is 5.75 Å². The van der Waals surface area contributed by atoms with Crippen molar-refractivity contribution in [3.63, 3.8) is 0 Å². The molecule has 16 nitrogen and oxygen atoms in total. The first-order chi connectivity index (χ1) is 53.8. The summed E-state index contributed by atoms with van der Waals surface area (Å²) in [7, 11) is -10.8. The second-order valence-corrected chi connectivity index (χ2v) is 40.0. The van der Waals surface area contributed by atoms with E-state index in [0.29, 0.717) is 86.6 Å². The highest BCUT2D eigenvalue weighted by atomic mass is 32.2. The zero-order valence-electron chi connectivity index (χ0n) is 69.4. The largest absolute Gasteiger partial charge is 0.508 e. The number of benzene rings is 9. The third kappa shape index (κ3) is 23.8. The van der Waals surface area contributed by atoms with E-state index in [1.807, 2.05) is 92.7 Å². The van der Waals surface area contributed by atoms with Gasteiger partial charge in [-0.3, -0.25) is 29.1 Å². The Kier molecular flexibility index (Phi) is 29.3. The molecule has 0 saturated heterocycles. The van der Waals surface area contributed by atoms with Crippen LogP contribution in [0.1, 0.15) is 210 Å². The Hall–Kier alpha value is -8.60. The molecular weight excluding hydrogens is 1480 g/mol. The number of phenolic OH excluding ortho intramolecular Hbond substituents is 1. The topological polar surface area (TPSA) is 193 Å². The summed E-state index contributed by atoms with van der Waals surface area (Å²) in [6.45, 7) is 37.3. The Morgan fingerprint density at radius 3 is 0.956 bits per heavy atom. The van der Waals surface area contributed by atoms with E-state index < -0.39 is 30.1 Å². The molecule has 0 spiro atoms. The smallest absolute Gasteiger partial charge is 0.243 e. The zero-order valence-corrected chi connectivity index (χ0v) is 71.9. The van der Waals surface area contributed by atoms with E-state index >= 15 is 0 Å². The number of carbonyl (C=O) groups is 3. The molecule has 0 unspecified atom stereocenters. The molecule has 0 amide bonds. The van der Waals surface area contributed by atoms with Crippen LogP contribution in [0.4, 0.5) is 0 Å². The second-order valence-electron chi connectivity index (χ2n) is 34.2. The van der Waals surface area contributed by atoms with E-state index in [1.54, 1.807) is 24.3 Å². The lowest BCUT2D eigenvalue weighted by molar-refractivity contribution is 0.0939. The lowest BCUT2D eigenvalue weighted by Crippen LogP contribution is -2.41. The summed E-state index contributed by atoms with van der Waals surface area (Å²) < 4.78 is 83.1. The van der Waals surface area contributed by atoms with Gasteiger partial charge in [0.15, 0.2) is 17.3 Å². The van der Waals surface area contributed by atoms with E-state index in [-0.39, 0.29) is 51.2 Å². The standard InChI is InChI=1S/2C32H40N2O3S.C31H38N2O4S/c1-24-11-15-30(16-12-24)38(36,37)34-19-17-27-21-28(13-14-29(27)23-34)31(35)10-7-18-33(32(3,4)5)22-26-9-6-8-25(2)20-26;1-24-8-12-26(13-9-24)22-33(32(3,4)5)19-6-7-31(35)28-14-15-29-23-34(20-18-27(29)21-28)38(36,37)30-16-10-25(2)11-17-30;1-23-10-12-24(13-11-23)21-32(31(2,3)4)17-6-9-30(35)26-14-15-27-22-33(18-16-25(27)19-26)38(36,37)29-8-5-7-28(34)20-29/h6,8-9,11-16,20-21H,7,10,17-19,22-23H2,1-5H3;8-17,21H,6-7,18-20,22-23H2,1-5H3;5,7-8,10-15,19-20,34H,6,9,16-18,21-22H2,1-4H3. The number of phenols is 1. The van der Waals surface area contributed by atoms with Crippen LogP contribution >= 0.6 is 0 Å². The average molecular weight is 1600 g/mol. The number of hydrogen-bond donors (Lipinski definition) is 1. The number of sulfonamides is 3. The van der Waals surface area contributed by atoms with Gasteiger partial charge in [0, 0.05) is 111 Å². The van der Waals surface area contributed by atoms with Crippen molar-refractivity contribution in [2.45, 2.75) is 225 Å². The molecule has 9 aromatic rings. The van der Waals surface area contributed by atoms with Crippen molar-refractivity contribution in [2.75, 3.05) is 39.3 Å². The summed E-state index contributed by atoms with van der Waals surface area (Å²) >= 11 is 0. The van der Waals surface area contributed by atoms with Crippen molar-refractivity contribution in [1.82, 2.24) is 27.6 Å². The van der Waals surface area contributed by atoms with Crippen LogP contribution in [-0.2, 0) is 88.6 Å². The molecule has 0 atom stereocenters. The highest BCUT2D eigenvalue weighted by Crippen LogP contribution is 2.33. The first kappa shape index (κ1) is 87.8. The number of carbonyl (C=O) groups excluding carboxylic acids is 3. The lowest BCUT2D eigenvalue weighted by atomic mass is 9.95. The maximum Gasteiger partial charge on any atom is 0.243 e. The minimum absolute atomic E-state index is 0.00338. The molecule has 0 saturated carbocycles. The molecule has 606 valence electrons. The summed E-state index contributed by atoms with van der Waals surface area (Å²) in [5, 5.41) is 9.70. The van der Waals surface area contributed by atoms with Gasteiger partial charge in [-0.2, -0.15) is 12.9 Å². The third-order valence-corrected chi connectivity index (χ3v) is 27.6. The first-order valence-electron chi connectivity index (χ1n) is 40.1. The Labute approximate surface area is 680 Å². The fourth-order valence-electron chi connectivity index (χ4n) is 14.8. The molecule has 0 fully saturated rings. The van der Waals surface area contributed by atoms with Crippen LogP contribution in [0.3, 0.4) is 0 Å². The minimum atomic E-state index is -3.71. The number of ketones is 3. The molecule has 114 heavy (non-hydrogen) atoms. The van der Waals surface area contributed by atoms with Gasteiger partial charge in [-0.05, 0) is 266 Å². The van der Waals surface area contributed by atoms with E-state index in [4.69, 9.17) is 0 Å². The first-order valence-corrected chi connectivity index (χ1v) is 44.4. The Morgan fingerprint density at radius 1 is 0.333 bits per heavy atom. The fraction of sp³-hybridized carbons (Fsp3) is 0.400. The van der Waals surface area contributed by atoms with E-state index in [0.717, 1.165) is 114 Å². The summed E-state index contributed by atoms with van der Waals surface area (Å²) in [4.78, 5) is 47.2. The van der Waals surface area contributed by atoms with E-state index in [1.165, 1.54) is 70.6 Å². The summed E-state index contributed by atoms with van der Waals surface area (Å²) in [6, 6.07) is 62.8. The molecule has 3 aliphatic heterocycles. The van der Waals surface area contributed by atoms with Gasteiger partial charge in [0.25, 0.3) is 0 Å². The predicted molar refractivity (Wildman–Crippen MR) is 458 cm³/mol. The maximum absolute atomic E-state index is 13.1. The van der Waals surface area contributed by atoms with Crippen LogP contribution in [-0.4, -0.2) is 131 Å². The minimum Gasteiger partial charge on any atom is -0.508 e. The van der Waals surface area contributed by atoms with Crippen molar-refractivity contribution in [3.05, 3.63) is 295 Å². The molecule has 0 bridgehead atoms. The van der Waals surface area contributed by atoms with Gasteiger partial charge < -0.3 is 5.11 Å². The fourth-order valence-corrected chi connectivity index (χ4v) is 19.1. The molecule has 1 N–H and O–H groups in total. The molecule has 3 aliphatic rings. The monoisotopic (exact) mass is 1600 g/mol. The van der Waals surface area contributed by atoms with Crippen LogP contribution in [0, 0.1) is 34.6 Å². The number of Topliss-reactive ketones (excluding diaryl/α,β-unsaturated/α-hetero) is 3. The van der Waals surface area contributed by atoms with Gasteiger partial charge in [0.05, 0.1) is 14.7 Å². The van der Waals surface area contributed by atoms with Crippen LogP contribution < -0.4 is 0 Å². The van der Waals surface area contributed by atoms with Gasteiger partial charge in [-0.25, -0.2) is 25.3 Å². The zero-order chi connectivity index (χ0) is 82.5. The molecule has 12 rings (SSSR count). The van der Waals surface area contributed by atoms with Crippen molar-refractivity contribution >= 4 is 47.4 Å². The number of nitrogens with zero attached hydrogens (tertiary/aromatic N) is 6. The second kappa shape index (κ2) is 38.0. The molecule has 0 radical (unpaired) electrons. The summed E-state index contributed by atoms with van der Waals surface area (Å²) in [6.07, 6.45) is 5.57. The number of aromatic hydroxyl groups is 1. The van der Waals surface area contributed by atoms with Crippen LogP contribution in [0.15, 0.2) is 215 Å². The Bertz CT molecular complexity index is 5180. The van der Waals surface area contributed by atoms with Crippen molar-refractivity contribution in [1.29, 1.82) is 0 Å². The number of hydrogen-bond acceptors (Lipinski definition) is 13. The highest BCUT2D eigenvalue weighted by molar-refractivity contribution is 7.89. The predicted octanol–water partition coefficient (Wildman–Crippen LogP) is 18.3. The Balaban J connectivity index is 0.000000181. The maximum atomic E-state index is 13.1. The van der Waals surface area contributed by atoms with Crippen LogP contribution in [0.2, 0.25) is 0 Å². The van der Waals surface area contributed by atoms with Crippen LogP contribution in [0.25, 0.3) is 0 Å². The number of rotatable bonds is 27. The average Bonchev–Trinajstić information content (AvgIpc) is 0.789. The van der Waals surface area contributed by atoms with Crippen molar-refractivity contribution in [2.24, 2.45) is 0 Å². The number of aryl methyl sites for hydroxylation is 5. The van der Waals surface area contributed by atoms with Crippen molar-refractivity contribution < 1.29 is 44.7 Å². The lowest BCUT2D eigenvalue weighted by Gasteiger charge is -2.36. The summed E-state index contributed by atoms with van der Waals surface area (Å²) in [5.41, 5.74) is 17.8. The SMILES string of the molecule is Cc1ccc(CN(CCCC(=O)c2ccc3c(c2)CCN(S(=O)(=O)c2ccc(C)cc2)C3)C(C)(C)C)cc1.Cc1ccc(CN(CCCC(=O)c2ccc3c(c2)CCN(S(=O)(=O)c2cccc(O)c2)C3)C(C)(C)C)cc1.Cc1ccc(S(=O)(=O)N2CCc3cc(C(=O)CCCN(Cc4cccc(C)c4)C(C)(C)C)ccc3C2)cc1. The van der Waals surface area contributed by atoms with Gasteiger partial charge >= 0.3 is 0 Å². The molecule has 3 heterocycles. The van der Waals surface area contributed by atoms with E-state index in [9.17, 15) is 44.7 Å². The summed E-state index contributed by atoms with van der Waals surface area (Å²) in [5.74, 6) is 0.331. The molecular formula is C95H118N6O10S3. The molecule has 19 heteroatoms. The molecule has 9 aromatic carbocycles. The van der Waals surface area contributed by atoms with E-state index in [2.05, 4.69) is 171 Å². The normalized spacial score (nSPS) is 14.5. The molecule has 0 aliphatic carbocycles. The van der Waals surface area contributed by atoms with Gasteiger partial charge in [0.1, 0.15) is 5.75 Å². The highest BCUT2D eigenvalue weighted by Gasteiger charge is 2.34. The quantitative estimate of drug-likeness (QED) is 0.0478. The molecule has 0 aromatic heterocycles. The Morgan fingerprint density at radius 2 is 0.640 bits per heavy atom. The third-order valence-electron chi connectivity index (χ3n) is 22.1. The van der Waals surface area contributed by atoms with Crippen molar-refractivity contribution in [3.8, 4) is 5.75 Å². The van der Waals surface area contributed by atoms with Gasteiger partial charge in [-0.1, -0.05) is 167 Å².